The maximum absolute atomic E-state index is 2.65. The van der Waals surface area contributed by atoms with Crippen molar-refractivity contribution in [1.29, 1.82) is 0 Å². The molecule has 0 bridgehead atoms. The molecule has 1 aliphatic carbocycles. The molecule has 19 heavy (non-hydrogen) atoms. The number of benzene rings is 1. The molecule has 0 atom stereocenters. The van der Waals surface area contributed by atoms with Crippen molar-refractivity contribution in [1.82, 2.24) is 4.90 Å². The Kier molecular flexibility index (Phi) is 3.66. The van der Waals surface area contributed by atoms with Gasteiger partial charge in [0.2, 0.25) is 0 Å². The Morgan fingerprint density at radius 3 is 2.11 bits per heavy atom. The lowest BCUT2D eigenvalue weighted by molar-refractivity contribution is 0.0305. The topological polar surface area (TPSA) is 3.24 Å². The van der Waals surface area contributed by atoms with E-state index >= 15 is 0 Å². The Bertz CT molecular complexity index is 404. The molecule has 0 aromatic heterocycles. The van der Waals surface area contributed by atoms with E-state index in [1.807, 2.05) is 0 Å². The van der Waals surface area contributed by atoms with Gasteiger partial charge >= 0.3 is 0 Å². The molecule has 1 aromatic carbocycles. The molecule has 0 radical (unpaired) electrons. The first-order chi connectivity index (χ1) is 9.17. The summed E-state index contributed by atoms with van der Waals surface area (Å²) in [6.45, 7) is 8.29. The third kappa shape index (κ3) is 2.86. The number of rotatable bonds is 3. The van der Waals surface area contributed by atoms with Crippen molar-refractivity contribution in [3.05, 3.63) is 35.4 Å². The van der Waals surface area contributed by atoms with E-state index in [1.54, 1.807) is 0 Å². The molecule has 1 saturated carbocycles. The lowest BCUT2D eigenvalue weighted by Crippen LogP contribution is -2.43. The average molecular weight is 257 g/mol. The van der Waals surface area contributed by atoms with Gasteiger partial charge in [-0.1, -0.05) is 44.5 Å². The van der Waals surface area contributed by atoms with Crippen LogP contribution in [0.5, 0.6) is 0 Å². The van der Waals surface area contributed by atoms with Crippen molar-refractivity contribution >= 4 is 0 Å². The van der Waals surface area contributed by atoms with Crippen LogP contribution in [0.2, 0.25) is 0 Å². The Morgan fingerprint density at radius 2 is 1.63 bits per heavy atom. The lowest BCUT2D eigenvalue weighted by Gasteiger charge is -2.48. The molecule has 1 saturated heterocycles. The summed E-state index contributed by atoms with van der Waals surface area (Å²) in [6.07, 6.45) is 7.37. The van der Waals surface area contributed by atoms with Crippen LogP contribution in [0.4, 0.5) is 0 Å². The van der Waals surface area contributed by atoms with Gasteiger partial charge in [-0.15, -0.1) is 0 Å². The zero-order valence-electron chi connectivity index (χ0n) is 12.5. The molecule has 2 aliphatic rings. The first kappa shape index (κ1) is 13.2. The quantitative estimate of drug-likeness (QED) is 0.766. The fourth-order valence-electron chi connectivity index (χ4n) is 3.63. The van der Waals surface area contributed by atoms with Crippen molar-refractivity contribution in [2.75, 3.05) is 13.1 Å². The van der Waals surface area contributed by atoms with E-state index in [2.05, 4.69) is 43.0 Å². The minimum absolute atomic E-state index is 0.641. The molecule has 1 spiro atoms. The van der Waals surface area contributed by atoms with Crippen LogP contribution < -0.4 is 0 Å². The van der Waals surface area contributed by atoms with Crippen LogP contribution in [0, 0.1) is 5.41 Å². The van der Waals surface area contributed by atoms with Crippen LogP contribution in [-0.4, -0.2) is 18.0 Å². The predicted molar refractivity (Wildman–Crippen MR) is 81.3 cm³/mol. The van der Waals surface area contributed by atoms with Gasteiger partial charge in [0.05, 0.1) is 0 Å². The number of hydrogen-bond donors (Lipinski definition) is 0. The van der Waals surface area contributed by atoms with Crippen molar-refractivity contribution in [2.45, 2.75) is 58.4 Å². The van der Waals surface area contributed by atoms with Gasteiger partial charge in [0.25, 0.3) is 0 Å². The highest BCUT2D eigenvalue weighted by molar-refractivity contribution is 5.24. The highest BCUT2D eigenvalue weighted by Gasteiger charge is 2.39. The van der Waals surface area contributed by atoms with E-state index in [0.717, 1.165) is 12.0 Å². The smallest absolute Gasteiger partial charge is 0.0233 e. The summed E-state index contributed by atoms with van der Waals surface area (Å²) in [5.41, 5.74) is 3.71. The van der Waals surface area contributed by atoms with Crippen LogP contribution in [0.1, 0.15) is 63.0 Å². The molecule has 2 fully saturated rings. The van der Waals surface area contributed by atoms with Gasteiger partial charge in [-0.25, -0.2) is 0 Å². The number of nitrogens with zero attached hydrogens (tertiary/aromatic N) is 1. The van der Waals surface area contributed by atoms with Crippen LogP contribution in [-0.2, 0) is 6.54 Å². The number of hydrogen-bond acceptors (Lipinski definition) is 1. The highest BCUT2D eigenvalue weighted by Crippen LogP contribution is 2.48. The highest BCUT2D eigenvalue weighted by atomic mass is 15.1. The minimum atomic E-state index is 0.641. The molecule has 1 heterocycles. The normalized spacial score (nSPS) is 22.7. The second kappa shape index (κ2) is 5.28. The summed E-state index contributed by atoms with van der Waals surface area (Å²) in [5.74, 6) is 0.641. The van der Waals surface area contributed by atoms with Crippen molar-refractivity contribution < 1.29 is 0 Å². The van der Waals surface area contributed by atoms with E-state index < -0.39 is 0 Å². The summed E-state index contributed by atoms with van der Waals surface area (Å²) < 4.78 is 0. The fraction of sp³-hybridized carbons (Fsp3) is 0.667. The first-order valence-corrected chi connectivity index (χ1v) is 7.98. The van der Waals surface area contributed by atoms with Crippen LogP contribution in [0.15, 0.2) is 24.3 Å². The second-order valence-corrected chi connectivity index (χ2v) is 7.03. The Labute approximate surface area is 118 Å². The Balaban J connectivity index is 1.54. The Hall–Kier alpha value is -0.820. The summed E-state index contributed by atoms with van der Waals surface area (Å²) in [5, 5.41) is 0. The zero-order valence-corrected chi connectivity index (χ0v) is 12.5. The van der Waals surface area contributed by atoms with E-state index in [1.165, 1.54) is 56.3 Å². The van der Waals surface area contributed by atoms with E-state index in [9.17, 15) is 0 Å². The molecule has 1 heteroatoms. The maximum atomic E-state index is 2.65. The molecule has 1 aliphatic heterocycles. The van der Waals surface area contributed by atoms with Gasteiger partial charge in [-0.05, 0) is 61.2 Å². The third-order valence-electron chi connectivity index (χ3n) is 5.38. The van der Waals surface area contributed by atoms with Gasteiger partial charge in [0.1, 0.15) is 0 Å². The van der Waals surface area contributed by atoms with Crippen LogP contribution in [0.25, 0.3) is 0 Å². The van der Waals surface area contributed by atoms with Crippen LogP contribution >= 0.6 is 0 Å². The maximum Gasteiger partial charge on any atom is 0.0233 e. The van der Waals surface area contributed by atoms with Gasteiger partial charge in [0, 0.05) is 6.54 Å². The summed E-state index contributed by atoms with van der Waals surface area (Å²) >= 11 is 0. The molecule has 1 nitrogen and oxygen atoms in total. The summed E-state index contributed by atoms with van der Waals surface area (Å²) in [6, 6.07) is 9.25. The monoisotopic (exact) mass is 257 g/mol. The standard InChI is InChI=1S/C18H27N/c1-15(2)17-6-4-16(5-7-17)14-19-12-10-18(11-13-19)8-3-9-18/h4-7,15H,3,8-14H2,1-2H3. The van der Waals surface area contributed by atoms with E-state index in [4.69, 9.17) is 0 Å². The second-order valence-electron chi connectivity index (χ2n) is 7.03. The van der Waals surface area contributed by atoms with Gasteiger partial charge < -0.3 is 0 Å². The van der Waals surface area contributed by atoms with Gasteiger partial charge in [0.15, 0.2) is 0 Å². The average Bonchev–Trinajstić information content (AvgIpc) is 2.38. The first-order valence-electron chi connectivity index (χ1n) is 7.98. The third-order valence-corrected chi connectivity index (χ3v) is 5.38. The zero-order chi connectivity index (χ0) is 13.3. The van der Waals surface area contributed by atoms with E-state index in [-0.39, 0.29) is 0 Å². The van der Waals surface area contributed by atoms with E-state index in [0.29, 0.717) is 5.92 Å². The van der Waals surface area contributed by atoms with Gasteiger partial charge in [-0.2, -0.15) is 0 Å². The molecule has 0 unspecified atom stereocenters. The summed E-state index contributed by atoms with van der Waals surface area (Å²) in [7, 11) is 0. The van der Waals surface area contributed by atoms with Gasteiger partial charge in [-0.3, -0.25) is 4.90 Å². The molecule has 0 N–H and O–H groups in total. The molecule has 0 amide bonds. The van der Waals surface area contributed by atoms with Crippen molar-refractivity contribution in [2.24, 2.45) is 5.41 Å². The summed E-state index contributed by atoms with van der Waals surface area (Å²) in [4.78, 5) is 2.65. The van der Waals surface area contributed by atoms with Crippen LogP contribution in [0.3, 0.4) is 0 Å². The largest absolute Gasteiger partial charge is 0.299 e. The molecular formula is C18H27N. The number of piperidine rings is 1. The molecule has 1 aromatic rings. The molecule has 104 valence electrons. The molecular weight excluding hydrogens is 230 g/mol. The SMILES string of the molecule is CC(C)c1ccc(CN2CCC3(CCC3)CC2)cc1. The minimum Gasteiger partial charge on any atom is -0.299 e. The predicted octanol–water partition coefficient (Wildman–Crippen LogP) is 4.58. The van der Waals surface area contributed by atoms with Crippen molar-refractivity contribution in [3.63, 3.8) is 0 Å². The lowest BCUT2D eigenvalue weighted by atomic mass is 9.63. The number of likely N-dealkylation sites (tertiary alicyclic amines) is 1. The molecule has 3 rings (SSSR count). The van der Waals surface area contributed by atoms with Crippen molar-refractivity contribution in [3.8, 4) is 0 Å². The fourth-order valence-corrected chi connectivity index (χ4v) is 3.63. The Morgan fingerprint density at radius 1 is 1.00 bits per heavy atom.